The molecule has 0 amide bonds. The normalized spacial score (nSPS) is 12.1. The Morgan fingerprint density at radius 2 is 2.40 bits per heavy atom. The van der Waals surface area contributed by atoms with E-state index in [1.54, 1.807) is 6.92 Å². The summed E-state index contributed by atoms with van der Waals surface area (Å²) in [7, 11) is 0. The van der Waals surface area contributed by atoms with Crippen LogP contribution in [0.5, 0.6) is 0 Å². The number of rotatable bonds is 3. The van der Waals surface area contributed by atoms with Crippen LogP contribution in [0.4, 0.5) is 0 Å². The zero-order valence-corrected chi connectivity index (χ0v) is 6.44. The quantitative estimate of drug-likeness (QED) is 0.490. The molecule has 4 nitrogen and oxygen atoms in total. The molecule has 4 N–H and O–H groups in total. The van der Waals surface area contributed by atoms with Crippen molar-refractivity contribution in [2.75, 3.05) is 6.54 Å². The zero-order valence-electron chi connectivity index (χ0n) is 5.63. The molecule has 0 spiro atoms. The number of carboxylic acids is 1. The van der Waals surface area contributed by atoms with Crippen LogP contribution in [-0.4, -0.2) is 22.7 Å². The first kappa shape index (κ1) is 9.16. The summed E-state index contributed by atoms with van der Waals surface area (Å²) < 4.78 is 0. The van der Waals surface area contributed by atoms with Gasteiger partial charge < -0.3 is 16.2 Å². The van der Waals surface area contributed by atoms with Crippen LogP contribution in [0.3, 0.4) is 0 Å². The van der Waals surface area contributed by atoms with Crippen molar-refractivity contribution in [1.29, 1.82) is 0 Å². The first-order chi connectivity index (χ1) is 4.54. The van der Waals surface area contributed by atoms with Crippen LogP contribution in [0, 0.1) is 5.92 Å². The summed E-state index contributed by atoms with van der Waals surface area (Å²) in [5.74, 6) is -1.31. The van der Waals surface area contributed by atoms with E-state index in [0.717, 1.165) is 0 Å². The van der Waals surface area contributed by atoms with Gasteiger partial charge in [-0.3, -0.25) is 4.79 Å². The van der Waals surface area contributed by atoms with Crippen molar-refractivity contribution in [1.82, 2.24) is 5.32 Å². The molecule has 0 fully saturated rings. The molecule has 0 saturated heterocycles. The Hall–Kier alpha value is -0.840. The van der Waals surface area contributed by atoms with Crippen molar-refractivity contribution in [3.05, 3.63) is 0 Å². The minimum Gasteiger partial charge on any atom is -0.481 e. The second kappa shape index (κ2) is 4.05. The molecule has 0 aromatic carbocycles. The average molecular weight is 162 g/mol. The molecule has 1 atom stereocenters. The number of nitrogens with one attached hydrogen (secondary N) is 1. The van der Waals surface area contributed by atoms with Gasteiger partial charge in [0.2, 0.25) is 0 Å². The van der Waals surface area contributed by atoms with Gasteiger partial charge in [0.25, 0.3) is 0 Å². The minimum absolute atomic E-state index is 0.133. The smallest absolute Gasteiger partial charge is 0.308 e. The molecular weight excluding hydrogens is 152 g/mol. The molecule has 0 aromatic heterocycles. The van der Waals surface area contributed by atoms with Crippen LogP contribution >= 0.6 is 12.2 Å². The van der Waals surface area contributed by atoms with E-state index in [-0.39, 0.29) is 11.7 Å². The van der Waals surface area contributed by atoms with Gasteiger partial charge in [-0.25, -0.2) is 0 Å². The Balaban J connectivity index is 3.49. The number of thiocarbonyl (C=S) groups is 1. The second-order valence-electron chi connectivity index (χ2n) is 1.98. The van der Waals surface area contributed by atoms with E-state index in [9.17, 15) is 4.79 Å². The second-order valence-corrected chi connectivity index (χ2v) is 2.42. The molecule has 58 valence electrons. The molecule has 10 heavy (non-hydrogen) atoms. The lowest BCUT2D eigenvalue weighted by molar-refractivity contribution is -0.140. The fourth-order valence-corrected chi connectivity index (χ4v) is 0.424. The van der Waals surface area contributed by atoms with E-state index in [1.165, 1.54) is 0 Å². The summed E-state index contributed by atoms with van der Waals surface area (Å²) in [5.41, 5.74) is 5.07. The van der Waals surface area contributed by atoms with E-state index < -0.39 is 11.9 Å². The summed E-state index contributed by atoms with van der Waals surface area (Å²) >= 11 is 4.47. The van der Waals surface area contributed by atoms with Gasteiger partial charge in [-0.15, -0.1) is 0 Å². The van der Waals surface area contributed by atoms with Crippen molar-refractivity contribution < 1.29 is 9.90 Å². The maximum atomic E-state index is 10.2. The van der Waals surface area contributed by atoms with Crippen LogP contribution in [0.25, 0.3) is 0 Å². The van der Waals surface area contributed by atoms with Crippen molar-refractivity contribution >= 4 is 23.3 Å². The largest absolute Gasteiger partial charge is 0.481 e. The fourth-order valence-electron chi connectivity index (χ4n) is 0.341. The van der Waals surface area contributed by atoms with E-state index in [4.69, 9.17) is 10.8 Å². The highest BCUT2D eigenvalue weighted by Crippen LogP contribution is 1.90. The van der Waals surface area contributed by atoms with Crippen molar-refractivity contribution in [3.63, 3.8) is 0 Å². The molecule has 0 heterocycles. The highest BCUT2D eigenvalue weighted by Gasteiger charge is 2.09. The van der Waals surface area contributed by atoms with Gasteiger partial charge in [-0.05, 0) is 12.2 Å². The van der Waals surface area contributed by atoms with Crippen LogP contribution in [0.1, 0.15) is 6.92 Å². The van der Waals surface area contributed by atoms with Crippen LogP contribution in [0.15, 0.2) is 0 Å². The molecule has 0 aliphatic rings. The number of carbonyl (C=O) groups is 1. The predicted octanol–water partition coefficient (Wildman–Crippen LogP) is -0.460. The number of nitrogens with two attached hydrogens (primary N) is 1. The number of hydrogen-bond donors (Lipinski definition) is 3. The minimum atomic E-state index is -0.858. The summed E-state index contributed by atoms with van der Waals surface area (Å²) in [6.45, 7) is 1.86. The van der Waals surface area contributed by atoms with E-state index >= 15 is 0 Å². The zero-order chi connectivity index (χ0) is 8.15. The maximum Gasteiger partial charge on any atom is 0.308 e. The summed E-state index contributed by atoms with van der Waals surface area (Å²) in [5, 5.41) is 11.1. The summed E-state index contributed by atoms with van der Waals surface area (Å²) in [4.78, 5) is 10.2. The van der Waals surface area contributed by atoms with Crippen molar-refractivity contribution in [2.24, 2.45) is 11.7 Å². The third-order valence-electron chi connectivity index (χ3n) is 1.00. The fraction of sp³-hybridized carbons (Fsp3) is 0.600. The molecule has 0 aliphatic heterocycles. The van der Waals surface area contributed by atoms with Crippen LogP contribution in [0.2, 0.25) is 0 Å². The number of carboxylic acid groups (broad SMARTS) is 1. The molecular formula is C5H10N2O2S. The molecule has 0 bridgehead atoms. The Labute approximate surface area is 64.4 Å². The Bertz CT molecular complexity index is 149. The van der Waals surface area contributed by atoms with Crippen molar-refractivity contribution in [3.8, 4) is 0 Å². The number of hydrogen-bond acceptors (Lipinski definition) is 2. The molecule has 0 aromatic rings. The molecule has 5 heteroatoms. The lowest BCUT2D eigenvalue weighted by Gasteiger charge is -2.06. The van der Waals surface area contributed by atoms with Crippen LogP contribution in [-0.2, 0) is 4.79 Å². The van der Waals surface area contributed by atoms with Gasteiger partial charge in [0.15, 0.2) is 5.11 Å². The summed E-state index contributed by atoms with van der Waals surface area (Å²) in [6, 6.07) is 0. The van der Waals surface area contributed by atoms with Gasteiger partial charge >= 0.3 is 5.97 Å². The van der Waals surface area contributed by atoms with Gasteiger partial charge in [0, 0.05) is 6.54 Å². The number of aliphatic carboxylic acids is 1. The van der Waals surface area contributed by atoms with Crippen molar-refractivity contribution in [2.45, 2.75) is 6.92 Å². The standard InChI is InChI=1S/C5H10N2O2S/c1-3(4(8)9)2-7-5(6)10/h3H,2H2,1H3,(H,8,9)(H3,6,7,10). The predicted molar refractivity (Wildman–Crippen MR) is 41.6 cm³/mol. The summed E-state index contributed by atoms with van der Waals surface area (Å²) in [6.07, 6.45) is 0. The van der Waals surface area contributed by atoms with E-state index in [0.29, 0.717) is 0 Å². The lowest BCUT2D eigenvalue weighted by Crippen LogP contribution is -2.34. The maximum absolute atomic E-state index is 10.2. The third kappa shape index (κ3) is 4.08. The molecule has 0 rings (SSSR count). The Morgan fingerprint density at radius 1 is 1.90 bits per heavy atom. The third-order valence-corrected chi connectivity index (χ3v) is 1.15. The highest BCUT2D eigenvalue weighted by molar-refractivity contribution is 7.80. The average Bonchev–Trinajstić information content (AvgIpc) is 1.82. The Morgan fingerprint density at radius 3 is 2.70 bits per heavy atom. The molecule has 1 unspecified atom stereocenters. The van der Waals surface area contributed by atoms with E-state index in [1.807, 2.05) is 0 Å². The molecule has 0 aliphatic carbocycles. The first-order valence-corrected chi connectivity index (χ1v) is 3.21. The van der Waals surface area contributed by atoms with Gasteiger partial charge in [-0.1, -0.05) is 6.92 Å². The topological polar surface area (TPSA) is 75.3 Å². The van der Waals surface area contributed by atoms with Gasteiger partial charge in [0.1, 0.15) is 0 Å². The van der Waals surface area contributed by atoms with Gasteiger partial charge in [-0.2, -0.15) is 0 Å². The molecule has 0 saturated carbocycles. The highest BCUT2D eigenvalue weighted by atomic mass is 32.1. The lowest BCUT2D eigenvalue weighted by atomic mass is 10.2. The van der Waals surface area contributed by atoms with Crippen LogP contribution < -0.4 is 11.1 Å². The monoisotopic (exact) mass is 162 g/mol. The molecule has 0 radical (unpaired) electrons. The van der Waals surface area contributed by atoms with Gasteiger partial charge in [0.05, 0.1) is 5.92 Å². The first-order valence-electron chi connectivity index (χ1n) is 2.80. The SMILES string of the molecule is CC(CNC(N)=S)C(=O)O. The van der Waals surface area contributed by atoms with E-state index in [2.05, 4.69) is 17.5 Å². The Kier molecular flexibility index (Phi) is 3.71.